The first-order chi connectivity index (χ1) is 9.65. The maximum atomic E-state index is 12.1. The van der Waals surface area contributed by atoms with Gasteiger partial charge in [0.1, 0.15) is 6.07 Å². The average Bonchev–Trinajstić information content (AvgIpc) is 2.36. The second kappa shape index (κ2) is 6.93. The van der Waals surface area contributed by atoms with Crippen LogP contribution in [0.1, 0.15) is 33.3 Å². The van der Waals surface area contributed by atoms with Crippen LogP contribution in [0.4, 0.5) is 5.69 Å². The van der Waals surface area contributed by atoms with Crippen LogP contribution < -0.4 is 5.32 Å². The number of anilines is 1. The molecule has 0 aromatic heterocycles. The van der Waals surface area contributed by atoms with Crippen LogP contribution in [-0.2, 0) is 4.79 Å². The molecule has 4 nitrogen and oxygen atoms in total. The van der Waals surface area contributed by atoms with E-state index < -0.39 is 0 Å². The van der Waals surface area contributed by atoms with Gasteiger partial charge in [-0.2, -0.15) is 5.26 Å². The number of carbonyl (C=O) groups excluding carboxylic acids is 1. The quantitative estimate of drug-likeness (QED) is 0.926. The topological polar surface area (TPSA) is 56.1 Å². The van der Waals surface area contributed by atoms with Gasteiger partial charge in [0, 0.05) is 11.7 Å². The van der Waals surface area contributed by atoms with Crippen molar-refractivity contribution in [2.75, 3.05) is 18.9 Å². The van der Waals surface area contributed by atoms with Gasteiger partial charge >= 0.3 is 0 Å². The summed E-state index contributed by atoms with van der Waals surface area (Å²) in [4.78, 5) is 14.1. The molecule has 0 aliphatic rings. The van der Waals surface area contributed by atoms with Crippen LogP contribution in [0.25, 0.3) is 0 Å². The van der Waals surface area contributed by atoms with E-state index in [0.717, 1.165) is 0 Å². The molecular weight excluding hydrogens is 286 g/mol. The Kier molecular flexibility index (Phi) is 5.77. The zero-order valence-electron chi connectivity index (χ0n) is 13.2. The number of likely N-dealkylation sites (N-methyl/N-ethyl adjacent to an activating group) is 1. The molecule has 1 amide bonds. The number of hydrogen-bond acceptors (Lipinski definition) is 3. The van der Waals surface area contributed by atoms with E-state index >= 15 is 0 Å². The van der Waals surface area contributed by atoms with Gasteiger partial charge < -0.3 is 5.32 Å². The van der Waals surface area contributed by atoms with Crippen molar-refractivity contribution >= 4 is 23.2 Å². The van der Waals surface area contributed by atoms with Crippen LogP contribution in [0.3, 0.4) is 0 Å². The molecule has 0 fully saturated rings. The van der Waals surface area contributed by atoms with Gasteiger partial charge in [-0.1, -0.05) is 32.4 Å². The number of amides is 1. The highest BCUT2D eigenvalue weighted by atomic mass is 35.5. The molecule has 0 aliphatic carbocycles. The van der Waals surface area contributed by atoms with Crippen molar-refractivity contribution in [3.05, 3.63) is 28.8 Å². The second-order valence-corrected chi connectivity index (χ2v) is 6.72. The van der Waals surface area contributed by atoms with Crippen molar-refractivity contribution in [3.63, 3.8) is 0 Å². The minimum Gasteiger partial charge on any atom is -0.325 e. The van der Waals surface area contributed by atoms with E-state index in [1.807, 2.05) is 18.0 Å². The summed E-state index contributed by atoms with van der Waals surface area (Å²) in [6, 6.07) is 7.12. The first-order valence-electron chi connectivity index (χ1n) is 6.85. The zero-order valence-corrected chi connectivity index (χ0v) is 14.0. The number of hydrogen-bond donors (Lipinski definition) is 1. The number of benzene rings is 1. The van der Waals surface area contributed by atoms with Gasteiger partial charge in [0.2, 0.25) is 5.91 Å². The Morgan fingerprint density at radius 1 is 1.48 bits per heavy atom. The predicted molar refractivity (Wildman–Crippen MR) is 86.3 cm³/mol. The second-order valence-electron chi connectivity index (χ2n) is 6.31. The van der Waals surface area contributed by atoms with E-state index in [4.69, 9.17) is 16.9 Å². The van der Waals surface area contributed by atoms with E-state index in [1.165, 1.54) is 0 Å². The van der Waals surface area contributed by atoms with Gasteiger partial charge in [-0.25, -0.2) is 0 Å². The molecule has 0 saturated heterocycles. The largest absolute Gasteiger partial charge is 0.325 e. The molecule has 1 N–H and O–H groups in total. The van der Waals surface area contributed by atoms with Crippen LogP contribution in [0.5, 0.6) is 0 Å². The van der Waals surface area contributed by atoms with E-state index in [2.05, 4.69) is 33.0 Å². The molecular formula is C16H22ClN3O. The Morgan fingerprint density at radius 2 is 2.10 bits per heavy atom. The van der Waals surface area contributed by atoms with Crippen molar-refractivity contribution in [1.29, 1.82) is 5.26 Å². The van der Waals surface area contributed by atoms with Gasteiger partial charge in [0.15, 0.2) is 0 Å². The summed E-state index contributed by atoms with van der Waals surface area (Å²) in [6.07, 6.45) is 0. The summed E-state index contributed by atoms with van der Waals surface area (Å²) >= 11 is 5.94. The molecule has 0 aliphatic heterocycles. The Balaban J connectivity index is 2.66. The third-order valence-corrected chi connectivity index (χ3v) is 3.99. The van der Waals surface area contributed by atoms with Gasteiger partial charge in [-0.05, 0) is 37.6 Å². The SMILES string of the molecule is CC(N(C)CC(=O)Nc1ccc(C#N)c(Cl)c1)C(C)(C)C. The zero-order chi connectivity index (χ0) is 16.2. The third kappa shape index (κ3) is 5.04. The minimum atomic E-state index is -0.102. The lowest BCUT2D eigenvalue weighted by atomic mass is 9.87. The van der Waals surface area contributed by atoms with Gasteiger partial charge in [-0.15, -0.1) is 0 Å². The summed E-state index contributed by atoms with van der Waals surface area (Å²) in [5.74, 6) is -0.102. The molecule has 0 spiro atoms. The Bertz CT molecular complexity index is 558. The Labute approximate surface area is 131 Å². The Hall–Kier alpha value is -1.57. The van der Waals surface area contributed by atoms with Crippen molar-refractivity contribution < 1.29 is 4.79 Å². The minimum absolute atomic E-state index is 0.102. The van der Waals surface area contributed by atoms with Crippen LogP contribution >= 0.6 is 11.6 Å². The lowest BCUT2D eigenvalue weighted by molar-refractivity contribution is -0.117. The molecule has 0 heterocycles. The lowest BCUT2D eigenvalue weighted by Gasteiger charge is -2.34. The fourth-order valence-corrected chi connectivity index (χ4v) is 2.13. The van der Waals surface area contributed by atoms with E-state index in [0.29, 0.717) is 22.8 Å². The molecule has 0 saturated carbocycles. The molecule has 21 heavy (non-hydrogen) atoms. The monoisotopic (exact) mass is 307 g/mol. The Morgan fingerprint density at radius 3 is 2.57 bits per heavy atom. The van der Waals surface area contributed by atoms with Crippen molar-refractivity contribution in [2.24, 2.45) is 5.41 Å². The summed E-state index contributed by atoms with van der Waals surface area (Å²) < 4.78 is 0. The number of carbonyl (C=O) groups is 1. The van der Waals surface area contributed by atoms with E-state index in [-0.39, 0.29) is 17.4 Å². The fourth-order valence-electron chi connectivity index (χ4n) is 1.91. The van der Waals surface area contributed by atoms with Gasteiger partial charge in [0.05, 0.1) is 17.1 Å². The molecule has 1 aromatic rings. The van der Waals surface area contributed by atoms with Gasteiger partial charge in [-0.3, -0.25) is 9.69 Å². The van der Waals surface area contributed by atoms with Crippen LogP contribution in [0.15, 0.2) is 18.2 Å². The molecule has 0 radical (unpaired) electrons. The third-order valence-electron chi connectivity index (χ3n) is 3.68. The summed E-state index contributed by atoms with van der Waals surface area (Å²) in [5.41, 5.74) is 1.10. The normalized spacial score (nSPS) is 12.9. The van der Waals surface area contributed by atoms with Crippen LogP contribution in [0.2, 0.25) is 5.02 Å². The van der Waals surface area contributed by atoms with E-state index in [9.17, 15) is 4.79 Å². The number of nitriles is 1. The standard InChI is InChI=1S/C16H22ClN3O/c1-11(16(2,3)4)20(5)10-15(21)19-13-7-6-12(9-18)14(17)8-13/h6-8,11H,10H2,1-5H3,(H,19,21). The molecule has 0 bridgehead atoms. The maximum absolute atomic E-state index is 12.1. The number of halogens is 1. The van der Waals surface area contributed by atoms with Crippen molar-refractivity contribution in [2.45, 2.75) is 33.7 Å². The number of nitrogens with zero attached hydrogens (tertiary/aromatic N) is 2. The first kappa shape index (κ1) is 17.5. The summed E-state index contributed by atoms with van der Waals surface area (Å²) in [6.45, 7) is 8.84. The molecule has 5 heteroatoms. The molecule has 1 atom stereocenters. The van der Waals surface area contributed by atoms with Crippen LogP contribution in [0, 0.1) is 16.7 Å². The maximum Gasteiger partial charge on any atom is 0.238 e. The molecule has 1 aromatic carbocycles. The fraction of sp³-hybridized carbons (Fsp3) is 0.500. The smallest absolute Gasteiger partial charge is 0.238 e. The number of rotatable bonds is 4. The van der Waals surface area contributed by atoms with Crippen molar-refractivity contribution in [3.8, 4) is 6.07 Å². The molecule has 1 unspecified atom stereocenters. The average molecular weight is 308 g/mol. The number of nitrogens with one attached hydrogen (secondary N) is 1. The predicted octanol–water partition coefficient (Wildman–Crippen LogP) is 3.52. The highest BCUT2D eigenvalue weighted by molar-refractivity contribution is 6.32. The highest BCUT2D eigenvalue weighted by Gasteiger charge is 2.25. The summed E-state index contributed by atoms with van der Waals surface area (Å²) in [5, 5.41) is 12.0. The molecule has 114 valence electrons. The first-order valence-corrected chi connectivity index (χ1v) is 7.22. The van der Waals surface area contributed by atoms with Crippen LogP contribution in [-0.4, -0.2) is 30.4 Å². The summed E-state index contributed by atoms with van der Waals surface area (Å²) in [7, 11) is 1.93. The van der Waals surface area contributed by atoms with E-state index in [1.54, 1.807) is 18.2 Å². The molecule has 1 rings (SSSR count). The highest BCUT2D eigenvalue weighted by Crippen LogP contribution is 2.23. The lowest BCUT2D eigenvalue weighted by Crippen LogP contribution is -2.43. The van der Waals surface area contributed by atoms with Gasteiger partial charge in [0.25, 0.3) is 0 Å². The van der Waals surface area contributed by atoms with Crippen molar-refractivity contribution in [1.82, 2.24) is 4.90 Å².